The van der Waals surface area contributed by atoms with Crippen LogP contribution in [0.25, 0.3) is 0 Å². The van der Waals surface area contributed by atoms with Gasteiger partial charge in [0, 0.05) is 31.9 Å². The minimum absolute atomic E-state index is 0.115. The van der Waals surface area contributed by atoms with Gasteiger partial charge >= 0.3 is 0 Å². The molecular weight excluding hydrogens is 276 g/mol. The smallest absolute Gasteiger partial charge is 0.223 e. The van der Waals surface area contributed by atoms with Crippen molar-refractivity contribution in [3.63, 3.8) is 0 Å². The molecule has 0 bridgehead atoms. The van der Waals surface area contributed by atoms with E-state index < -0.39 is 0 Å². The van der Waals surface area contributed by atoms with Crippen molar-refractivity contribution in [2.75, 3.05) is 13.1 Å². The standard InChI is InChI=1S/C18H22N2O2/c1-13-10-17(21)18(22)16(19(13)2)12-20-9-8-15(11-20)14-6-4-3-5-7-14/h3-7,10,15,22H,8-9,11-12H2,1-2H3. The fourth-order valence-electron chi connectivity index (χ4n) is 3.24. The Morgan fingerprint density at radius 2 is 2.00 bits per heavy atom. The van der Waals surface area contributed by atoms with Crippen molar-refractivity contribution in [1.82, 2.24) is 9.47 Å². The number of nitrogens with zero attached hydrogens (tertiary/aromatic N) is 2. The summed E-state index contributed by atoms with van der Waals surface area (Å²) in [6, 6.07) is 12.0. The van der Waals surface area contributed by atoms with Gasteiger partial charge in [-0.15, -0.1) is 0 Å². The van der Waals surface area contributed by atoms with Crippen molar-refractivity contribution in [2.45, 2.75) is 25.8 Å². The molecule has 4 heteroatoms. The fourth-order valence-corrected chi connectivity index (χ4v) is 3.24. The Morgan fingerprint density at radius 3 is 2.73 bits per heavy atom. The lowest BCUT2D eigenvalue weighted by Crippen LogP contribution is -2.24. The molecule has 22 heavy (non-hydrogen) atoms. The summed E-state index contributed by atoms with van der Waals surface area (Å²) in [7, 11) is 1.90. The third-order valence-electron chi connectivity index (χ3n) is 4.70. The predicted octanol–water partition coefficient (Wildman–Crippen LogP) is 2.39. The van der Waals surface area contributed by atoms with E-state index in [9.17, 15) is 9.90 Å². The Labute approximate surface area is 130 Å². The van der Waals surface area contributed by atoms with Gasteiger partial charge in [-0.2, -0.15) is 0 Å². The topological polar surface area (TPSA) is 45.5 Å². The second kappa shape index (κ2) is 5.97. The first-order chi connectivity index (χ1) is 10.6. The molecule has 1 aromatic carbocycles. The quantitative estimate of drug-likeness (QED) is 0.946. The summed E-state index contributed by atoms with van der Waals surface area (Å²) in [5, 5.41) is 10.1. The number of benzene rings is 1. The second-order valence-corrected chi connectivity index (χ2v) is 6.14. The van der Waals surface area contributed by atoms with Crippen molar-refractivity contribution < 1.29 is 5.11 Å². The molecule has 4 nitrogen and oxygen atoms in total. The molecule has 1 unspecified atom stereocenters. The normalized spacial score (nSPS) is 18.7. The van der Waals surface area contributed by atoms with Gasteiger partial charge in [0.15, 0.2) is 5.75 Å². The first-order valence-electron chi connectivity index (χ1n) is 7.72. The zero-order valence-corrected chi connectivity index (χ0v) is 13.1. The number of aryl methyl sites for hydroxylation is 1. The van der Waals surface area contributed by atoms with Crippen LogP contribution in [0.3, 0.4) is 0 Å². The minimum Gasteiger partial charge on any atom is -0.503 e. The molecule has 116 valence electrons. The average Bonchev–Trinajstić information content (AvgIpc) is 2.99. The monoisotopic (exact) mass is 298 g/mol. The number of hydrogen-bond acceptors (Lipinski definition) is 3. The lowest BCUT2D eigenvalue weighted by atomic mass is 9.99. The van der Waals surface area contributed by atoms with Crippen LogP contribution in [-0.4, -0.2) is 27.7 Å². The van der Waals surface area contributed by atoms with Crippen LogP contribution in [0.5, 0.6) is 5.75 Å². The van der Waals surface area contributed by atoms with Gasteiger partial charge in [-0.1, -0.05) is 30.3 Å². The highest BCUT2D eigenvalue weighted by atomic mass is 16.3. The zero-order valence-electron chi connectivity index (χ0n) is 13.1. The molecular formula is C18H22N2O2. The van der Waals surface area contributed by atoms with Crippen molar-refractivity contribution >= 4 is 0 Å². The van der Waals surface area contributed by atoms with Crippen LogP contribution in [0, 0.1) is 6.92 Å². The van der Waals surface area contributed by atoms with Crippen LogP contribution in [0.4, 0.5) is 0 Å². The molecule has 1 N–H and O–H groups in total. The van der Waals surface area contributed by atoms with Gasteiger partial charge in [0.05, 0.1) is 5.69 Å². The molecule has 1 saturated heterocycles. The minimum atomic E-state index is -0.288. The lowest BCUT2D eigenvalue weighted by molar-refractivity contribution is 0.308. The SMILES string of the molecule is Cc1cc(=O)c(O)c(CN2CCC(c3ccccc3)C2)n1C. The number of pyridine rings is 1. The van der Waals surface area contributed by atoms with Crippen molar-refractivity contribution in [3.8, 4) is 5.75 Å². The van der Waals surface area contributed by atoms with E-state index in [2.05, 4.69) is 29.2 Å². The Hall–Kier alpha value is -2.07. The highest BCUT2D eigenvalue weighted by molar-refractivity contribution is 5.30. The van der Waals surface area contributed by atoms with Crippen molar-refractivity contribution in [3.05, 3.63) is 63.6 Å². The molecule has 2 heterocycles. The summed E-state index contributed by atoms with van der Waals surface area (Å²) >= 11 is 0. The molecule has 0 aliphatic carbocycles. The summed E-state index contributed by atoms with van der Waals surface area (Å²) in [6.07, 6.45) is 1.12. The molecule has 1 atom stereocenters. The maximum Gasteiger partial charge on any atom is 0.223 e. The van der Waals surface area contributed by atoms with E-state index in [1.165, 1.54) is 11.6 Å². The van der Waals surface area contributed by atoms with Crippen LogP contribution in [0.2, 0.25) is 0 Å². The van der Waals surface area contributed by atoms with E-state index in [0.717, 1.165) is 25.2 Å². The Balaban J connectivity index is 1.77. The largest absolute Gasteiger partial charge is 0.503 e. The third-order valence-corrected chi connectivity index (χ3v) is 4.70. The van der Waals surface area contributed by atoms with Crippen LogP contribution < -0.4 is 5.43 Å². The predicted molar refractivity (Wildman–Crippen MR) is 87.2 cm³/mol. The van der Waals surface area contributed by atoms with Crippen molar-refractivity contribution in [2.24, 2.45) is 7.05 Å². The molecule has 0 amide bonds. The summed E-state index contributed by atoms with van der Waals surface area (Å²) < 4.78 is 1.91. The molecule has 3 rings (SSSR count). The van der Waals surface area contributed by atoms with E-state index in [1.807, 2.05) is 24.6 Å². The van der Waals surface area contributed by atoms with Gasteiger partial charge < -0.3 is 9.67 Å². The molecule has 1 aliphatic rings. The highest BCUT2D eigenvalue weighted by Crippen LogP contribution is 2.28. The number of hydrogen-bond donors (Lipinski definition) is 1. The third kappa shape index (κ3) is 2.79. The Kier molecular flexibility index (Phi) is 4.03. The van der Waals surface area contributed by atoms with Crippen LogP contribution in [-0.2, 0) is 13.6 Å². The molecule has 1 fully saturated rings. The van der Waals surface area contributed by atoms with Gasteiger partial charge in [-0.25, -0.2) is 0 Å². The summed E-state index contributed by atoms with van der Waals surface area (Å²) in [4.78, 5) is 14.1. The van der Waals surface area contributed by atoms with Gasteiger partial charge in [0.2, 0.25) is 5.43 Å². The summed E-state index contributed by atoms with van der Waals surface area (Å²) in [6.45, 7) is 4.45. The highest BCUT2D eigenvalue weighted by Gasteiger charge is 2.25. The first kappa shape index (κ1) is 14.9. The van der Waals surface area contributed by atoms with E-state index in [0.29, 0.717) is 18.2 Å². The molecule has 1 aliphatic heterocycles. The first-order valence-corrected chi connectivity index (χ1v) is 7.72. The van der Waals surface area contributed by atoms with Gasteiger partial charge in [-0.05, 0) is 31.4 Å². The second-order valence-electron chi connectivity index (χ2n) is 6.14. The van der Waals surface area contributed by atoms with E-state index in [-0.39, 0.29) is 11.2 Å². The Morgan fingerprint density at radius 1 is 1.27 bits per heavy atom. The van der Waals surface area contributed by atoms with Gasteiger partial charge in [-0.3, -0.25) is 9.69 Å². The fraction of sp³-hybridized carbons (Fsp3) is 0.389. The van der Waals surface area contributed by atoms with Gasteiger partial charge in [0.1, 0.15) is 0 Å². The molecule has 0 radical (unpaired) electrons. The van der Waals surface area contributed by atoms with Gasteiger partial charge in [0.25, 0.3) is 0 Å². The number of likely N-dealkylation sites (tertiary alicyclic amines) is 1. The number of rotatable bonds is 3. The lowest BCUT2D eigenvalue weighted by Gasteiger charge is -2.20. The van der Waals surface area contributed by atoms with E-state index in [4.69, 9.17) is 0 Å². The number of aromatic nitrogens is 1. The molecule has 1 aromatic heterocycles. The molecule has 0 spiro atoms. The van der Waals surface area contributed by atoms with E-state index in [1.54, 1.807) is 0 Å². The van der Waals surface area contributed by atoms with E-state index >= 15 is 0 Å². The zero-order chi connectivity index (χ0) is 15.7. The van der Waals surface area contributed by atoms with Crippen LogP contribution in [0.1, 0.15) is 29.3 Å². The number of aromatic hydroxyl groups is 1. The Bertz CT molecular complexity index is 722. The summed E-state index contributed by atoms with van der Waals surface area (Å²) in [5.41, 5.74) is 2.66. The van der Waals surface area contributed by atoms with Crippen molar-refractivity contribution in [1.29, 1.82) is 0 Å². The molecule has 2 aromatic rings. The maximum atomic E-state index is 11.8. The average molecular weight is 298 g/mol. The van der Waals surface area contributed by atoms with Crippen LogP contribution in [0.15, 0.2) is 41.2 Å². The molecule has 0 saturated carbocycles. The van der Waals surface area contributed by atoms with Crippen LogP contribution >= 0.6 is 0 Å². The maximum absolute atomic E-state index is 11.8. The summed E-state index contributed by atoms with van der Waals surface area (Å²) in [5.74, 6) is 0.418.